The first kappa shape index (κ1) is 21.5. The second-order valence-corrected chi connectivity index (χ2v) is 8.33. The molecule has 1 heterocycles. The molecule has 1 amide bonds. The van der Waals surface area contributed by atoms with Gasteiger partial charge in [-0.2, -0.15) is 0 Å². The van der Waals surface area contributed by atoms with E-state index in [1.165, 1.54) is 11.8 Å². The first-order chi connectivity index (χ1) is 14.0. The minimum atomic E-state index is -0.203. The van der Waals surface area contributed by atoms with Crippen molar-refractivity contribution in [3.8, 4) is 23.0 Å². The summed E-state index contributed by atoms with van der Waals surface area (Å²) in [5, 5.41) is 2.59. The van der Waals surface area contributed by atoms with Crippen molar-refractivity contribution in [2.75, 3.05) is 27.4 Å². The Kier molecular flexibility index (Phi) is 7.40. The van der Waals surface area contributed by atoms with Crippen molar-refractivity contribution in [2.24, 2.45) is 0 Å². The number of carbonyl (C=O) groups excluding carboxylic acids is 1. The highest BCUT2D eigenvalue weighted by Crippen LogP contribution is 2.38. The predicted octanol–water partition coefficient (Wildman–Crippen LogP) is 4.41. The number of carbonyl (C=O) groups is 1. The lowest BCUT2D eigenvalue weighted by Crippen LogP contribution is -2.17. The zero-order valence-corrected chi connectivity index (χ0v) is 18.9. The van der Waals surface area contributed by atoms with Crippen LogP contribution in [0.4, 0.5) is 0 Å². The summed E-state index contributed by atoms with van der Waals surface area (Å²) in [5.41, 5.74) is 0.790. The Bertz CT molecular complexity index is 947. The Labute approximate surface area is 186 Å². The predicted molar refractivity (Wildman–Crippen MR) is 121 cm³/mol. The van der Waals surface area contributed by atoms with E-state index < -0.39 is 0 Å². The maximum absolute atomic E-state index is 11.8. The lowest BCUT2D eigenvalue weighted by Gasteiger charge is -2.14. The standard InChI is InChI=1S/C20H18BrNO5S2/c1-24-13-3-5-14(6-4-13)26-7-8-27-18-15(21)9-12(10-16(18)25-2)11-17-19(23)22-20(28)29-17/h3-6,9-11H,7-8H2,1-2H3,(H,22,23,28)/b17-11+. The molecule has 0 aliphatic carbocycles. The van der Waals surface area contributed by atoms with Gasteiger partial charge in [0.05, 0.1) is 23.6 Å². The third-order valence-electron chi connectivity index (χ3n) is 3.85. The van der Waals surface area contributed by atoms with Gasteiger partial charge in [-0.25, -0.2) is 0 Å². The third kappa shape index (κ3) is 5.65. The maximum atomic E-state index is 11.8. The molecule has 29 heavy (non-hydrogen) atoms. The summed E-state index contributed by atoms with van der Waals surface area (Å²) in [6.45, 7) is 0.690. The molecular weight excluding hydrogens is 478 g/mol. The smallest absolute Gasteiger partial charge is 0.263 e. The van der Waals surface area contributed by atoms with Crippen LogP contribution in [-0.4, -0.2) is 37.7 Å². The normalized spacial score (nSPS) is 14.7. The quantitative estimate of drug-likeness (QED) is 0.330. The van der Waals surface area contributed by atoms with Crippen LogP contribution in [0.5, 0.6) is 23.0 Å². The molecule has 9 heteroatoms. The van der Waals surface area contributed by atoms with Crippen molar-refractivity contribution in [1.82, 2.24) is 5.32 Å². The van der Waals surface area contributed by atoms with E-state index in [0.717, 1.165) is 17.1 Å². The average Bonchev–Trinajstić information content (AvgIpc) is 3.03. The minimum Gasteiger partial charge on any atom is -0.497 e. The molecule has 2 aromatic rings. The lowest BCUT2D eigenvalue weighted by atomic mass is 10.2. The molecule has 6 nitrogen and oxygen atoms in total. The molecule has 0 saturated carbocycles. The fourth-order valence-electron chi connectivity index (χ4n) is 2.51. The van der Waals surface area contributed by atoms with E-state index in [2.05, 4.69) is 21.2 Å². The van der Waals surface area contributed by atoms with Crippen LogP contribution in [0.2, 0.25) is 0 Å². The molecule has 1 aliphatic heterocycles. The zero-order chi connectivity index (χ0) is 20.8. The van der Waals surface area contributed by atoms with Crippen molar-refractivity contribution in [1.29, 1.82) is 0 Å². The van der Waals surface area contributed by atoms with E-state index in [9.17, 15) is 4.79 Å². The highest BCUT2D eigenvalue weighted by molar-refractivity contribution is 9.10. The molecule has 1 fully saturated rings. The van der Waals surface area contributed by atoms with Crippen LogP contribution in [0.3, 0.4) is 0 Å². The number of benzene rings is 2. The molecule has 1 N–H and O–H groups in total. The molecule has 0 spiro atoms. The molecule has 1 saturated heterocycles. The van der Waals surface area contributed by atoms with Crippen LogP contribution in [0.15, 0.2) is 45.8 Å². The SMILES string of the molecule is COc1ccc(OCCOc2c(Br)cc(/C=C3/SC(=S)NC3=O)cc2OC)cc1. The summed E-state index contributed by atoms with van der Waals surface area (Å²) >= 11 is 9.74. The second-order valence-electron chi connectivity index (χ2n) is 5.76. The molecular formula is C20H18BrNO5S2. The summed E-state index contributed by atoms with van der Waals surface area (Å²) in [6.07, 6.45) is 1.75. The number of nitrogens with one attached hydrogen (secondary N) is 1. The first-order valence-corrected chi connectivity index (χ1v) is 10.5. The van der Waals surface area contributed by atoms with Crippen LogP contribution in [-0.2, 0) is 4.79 Å². The van der Waals surface area contributed by atoms with Crippen LogP contribution in [0.25, 0.3) is 6.08 Å². The number of hydrogen-bond donors (Lipinski definition) is 1. The maximum Gasteiger partial charge on any atom is 0.263 e. The van der Waals surface area contributed by atoms with Gasteiger partial charge in [0.25, 0.3) is 5.91 Å². The van der Waals surface area contributed by atoms with Crippen LogP contribution < -0.4 is 24.3 Å². The number of halogens is 1. The largest absolute Gasteiger partial charge is 0.497 e. The van der Waals surface area contributed by atoms with Gasteiger partial charge in [-0.3, -0.25) is 4.79 Å². The van der Waals surface area contributed by atoms with E-state index in [4.69, 9.17) is 31.2 Å². The molecule has 0 atom stereocenters. The molecule has 152 valence electrons. The third-order valence-corrected chi connectivity index (χ3v) is 5.60. The van der Waals surface area contributed by atoms with Gasteiger partial charge in [0, 0.05) is 0 Å². The second kappa shape index (κ2) is 10.00. The highest BCUT2D eigenvalue weighted by Gasteiger charge is 2.22. The van der Waals surface area contributed by atoms with Gasteiger partial charge in [0.1, 0.15) is 29.0 Å². The van der Waals surface area contributed by atoms with Crippen LogP contribution in [0.1, 0.15) is 5.56 Å². The topological polar surface area (TPSA) is 66.0 Å². The number of thioether (sulfide) groups is 1. The minimum absolute atomic E-state index is 0.203. The molecule has 2 aromatic carbocycles. The van der Waals surface area contributed by atoms with E-state index in [-0.39, 0.29) is 5.91 Å². The summed E-state index contributed by atoms with van der Waals surface area (Å²) in [7, 11) is 3.18. The van der Waals surface area contributed by atoms with Crippen molar-refractivity contribution in [3.05, 3.63) is 51.3 Å². The molecule has 0 bridgehead atoms. The van der Waals surface area contributed by atoms with Gasteiger partial charge in [0.15, 0.2) is 11.5 Å². The number of rotatable bonds is 8. The van der Waals surface area contributed by atoms with Crippen LogP contribution in [0, 0.1) is 0 Å². The van der Waals surface area contributed by atoms with E-state index in [1.807, 2.05) is 30.3 Å². The molecule has 0 aromatic heterocycles. The van der Waals surface area contributed by atoms with Crippen LogP contribution >= 0.6 is 39.9 Å². The van der Waals surface area contributed by atoms with Gasteiger partial charge in [-0.1, -0.05) is 24.0 Å². The van der Waals surface area contributed by atoms with Crippen molar-refractivity contribution in [2.45, 2.75) is 0 Å². The monoisotopic (exact) mass is 495 g/mol. The number of ether oxygens (including phenoxy) is 4. The van der Waals surface area contributed by atoms with Crippen molar-refractivity contribution in [3.63, 3.8) is 0 Å². The van der Waals surface area contributed by atoms with E-state index in [1.54, 1.807) is 26.4 Å². The Morgan fingerprint density at radius 1 is 1.07 bits per heavy atom. The van der Waals surface area contributed by atoms with Gasteiger partial charge in [-0.05, 0) is 64.0 Å². The summed E-state index contributed by atoms with van der Waals surface area (Å²) in [4.78, 5) is 12.4. The fourth-order valence-corrected chi connectivity index (χ4v) is 4.13. The van der Waals surface area contributed by atoms with Gasteiger partial charge in [0.2, 0.25) is 0 Å². The molecule has 1 aliphatic rings. The number of hydrogen-bond acceptors (Lipinski definition) is 7. The van der Waals surface area contributed by atoms with Gasteiger partial charge >= 0.3 is 0 Å². The van der Waals surface area contributed by atoms with E-state index >= 15 is 0 Å². The summed E-state index contributed by atoms with van der Waals surface area (Å²) in [6, 6.07) is 11.0. The Hall–Kier alpha value is -2.23. The van der Waals surface area contributed by atoms with Gasteiger partial charge < -0.3 is 24.3 Å². The Morgan fingerprint density at radius 3 is 2.38 bits per heavy atom. The fraction of sp³-hybridized carbons (Fsp3) is 0.200. The molecule has 0 radical (unpaired) electrons. The van der Waals surface area contributed by atoms with Gasteiger partial charge in [-0.15, -0.1) is 0 Å². The Morgan fingerprint density at radius 2 is 1.76 bits per heavy atom. The number of amides is 1. The first-order valence-electron chi connectivity index (χ1n) is 8.52. The average molecular weight is 496 g/mol. The molecule has 3 rings (SSSR count). The zero-order valence-electron chi connectivity index (χ0n) is 15.7. The highest BCUT2D eigenvalue weighted by atomic mass is 79.9. The van der Waals surface area contributed by atoms with Crippen molar-refractivity contribution < 1.29 is 23.7 Å². The van der Waals surface area contributed by atoms with Crippen molar-refractivity contribution >= 4 is 56.2 Å². The number of methoxy groups -OCH3 is 2. The Balaban J connectivity index is 1.64. The summed E-state index contributed by atoms with van der Waals surface area (Å²) in [5.74, 6) is 2.40. The molecule has 0 unspecified atom stereocenters. The summed E-state index contributed by atoms with van der Waals surface area (Å²) < 4.78 is 23.2. The van der Waals surface area contributed by atoms with E-state index in [0.29, 0.717) is 38.4 Å². The number of thiocarbonyl (C=S) groups is 1. The lowest BCUT2D eigenvalue weighted by molar-refractivity contribution is -0.115.